The Kier molecular flexibility index (Phi) is 8.00. The number of benzene rings is 3. The molecular weight excluding hydrogens is 484 g/mol. The van der Waals surface area contributed by atoms with Gasteiger partial charge in [0.25, 0.3) is 5.91 Å². The molecule has 1 aliphatic heterocycles. The van der Waals surface area contributed by atoms with Crippen LogP contribution in [-0.2, 0) is 11.4 Å². The number of hydrogen-bond acceptors (Lipinski definition) is 6. The predicted molar refractivity (Wildman–Crippen MR) is 142 cm³/mol. The smallest absolute Gasteiger partial charge is 0.264 e. The summed E-state index contributed by atoms with van der Waals surface area (Å²) in [5.74, 6) is 1.63. The number of rotatable bonds is 8. The van der Waals surface area contributed by atoms with Crippen molar-refractivity contribution in [2.75, 3.05) is 13.7 Å². The van der Waals surface area contributed by atoms with Crippen LogP contribution < -0.4 is 19.5 Å². The Bertz CT molecular complexity index is 1310. The van der Waals surface area contributed by atoms with E-state index in [2.05, 4.69) is 10.3 Å². The quantitative estimate of drug-likeness (QED) is 0.350. The van der Waals surface area contributed by atoms with Crippen molar-refractivity contribution in [3.63, 3.8) is 0 Å². The van der Waals surface area contributed by atoms with Crippen molar-refractivity contribution >= 4 is 46.2 Å². The summed E-state index contributed by atoms with van der Waals surface area (Å²) in [4.78, 5) is 17.7. The van der Waals surface area contributed by atoms with Crippen LogP contribution in [0.15, 0.2) is 70.6 Å². The molecule has 1 fully saturated rings. The largest absolute Gasteiger partial charge is 0.494 e. The van der Waals surface area contributed by atoms with Gasteiger partial charge in [0.2, 0.25) is 0 Å². The lowest BCUT2D eigenvalue weighted by Crippen LogP contribution is -2.19. The summed E-state index contributed by atoms with van der Waals surface area (Å²) in [5, 5.41) is 3.97. The van der Waals surface area contributed by atoms with Gasteiger partial charge in [0.1, 0.15) is 18.0 Å². The molecule has 0 aliphatic carbocycles. The highest BCUT2D eigenvalue weighted by Crippen LogP contribution is 2.35. The number of halogens is 1. The van der Waals surface area contributed by atoms with E-state index in [1.165, 1.54) is 11.8 Å². The van der Waals surface area contributed by atoms with Crippen LogP contribution >= 0.6 is 23.4 Å². The first-order chi connectivity index (χ1) is 17.0. The lowest BCUT2D eigenvalue weighted by molar-refractivity contribution is -0.115. The maximum absolute atomic E-state index is 12.6. The first-order valence-electron chi connectivity index (χ1n) is 11.0. The molecule has 0 atom stereocenters. The standard InChI is InChI=1S/C27H25ClN2O4S/c1-4-33-24-14-18(10-12-23(24)34-16-19-7-5-6-8-20(19)28)15-25-26(31)30-27(35-25)29-21-13-17(2)9-11-22(21)32-3/h5-15H,4,16H2,1-3H3,(H,29,30,31)/b25-15-. The number of ether oxygens (including phenoxy) is 3. The van der Waals surface area contributed by atoms with E-state index in [4.69, 9.17) is 25.8 Å². The maximum Gasteiger partial charge on any atom is 0.264 e. The third kappa shape index (κ3) is 6.18. The third-order valence-electron chi connectivity index (χ3n) is 5.11. The topological polar surface area (TPSA) is 69.2 Å². The second kappa shape index (κ2) is 11.3. The van der Waals surface area contributed by atoms with Crippen molar-refractivity contribution in [1.29, 1.82) is 0 Å². The molecule has 1 aliphatic rings. The zero-order valence-electron chi connectivity index (χ0n) is 19.6. The van der Waals surface area contributed by atoms with E-state index in [0.717, 1.165) is 16.7 Å². The van der Waals surface area contributed by atoms with Crippen molar-refractivity contribution < 1.29 is 19.0 Å². The minimum absolute atomic E-state index is 0.211. The molecule has 0 unspecified atom stereocenters. The first kappa shape index (κ1) is 24.7. The van der Waals surface area contributed by atoms with Crippen molar-refractivity contribution in [1.82, 2.24) is 5.32 Å². The lowest BCUT2D eigenvalue weighted by atomic mass is 10.2. The molecule has 0 bridgehead atoms. The van der Waals surface area contributed by atoms with E-state index in [-0.39, 0.29) is 5.91 Å². The molecule has 180 valence electrons. The molecule has 1 N–H and O–H groups in total. The summed E-state index contributed by atoms with van der Waals surface area (Å²) in [6, 6.07) is 18.8. The number of methoxy groups -OCH3 is 1. The molecular formula is C27H25ClN2O4S. The van der Waals surface area contributed by atoms with Crippen LogP contribution in [0.4, 0.5) is 5.69 Å². The second-order valence-electron chi connectivity index (χ2n) is 7.68. The van der Waals surface area contributed by atoms with Gasteiger partial charge >= 0.3 is 0 Å². The minimum Gasteiger partial charge on any atom is -0.494 e. The van der Waals surface area contributed by atoms with E-state index in [1.54, 1.807) is 13.2 Å². The molecule has 1 heterocycles. The van der Waals surface area contributed by atoms with Crippen LogP contribution in [0.1, 0.15) is 23.6 Å². The maximum atomic E-state index is 12.6. The monoisotopic (exact) mass is 508 g/mol. The Labute approximate surface area is 214 Å². The zero-order valence-corrected chi connectivity index (χ0v) is 21.2. The lowest BCUT2D eigenvalue weighted by Gasteiger charge is -2.13. The molecule has 0 spiro atoms. The highest BCUT2D eigenvalue weighted by molar-refractivity contribution is 8.18. The number of carbonyl (C=O) groups excluding carboxylic acids is 1. The summed E-state index contributed by atoms with van der Waals surface area (Å²) < 4.78 is 17.1. The molecule has 35 heavy (non-hydrogen) atoms. The van der Waals surface area contributed by atoms with E-state index in [0.29, 0.717) is 51.2 Å². The normalized spacial score (nSPS) is 15.4. The molecule has 8 heteroatoms. The van der Waals surface area contributed by atoms with Gasteiger partial charge in [-0.05, 0) is 73.1 Å². The minimum atomic E-state index is -0.211. The van der Waals surface area contributed by atoms with Crippen LogP contribution in [0.5, 0.6) is 17.2 Å². The van der Waals surface area contributed by atoms with Crippen LogP contribution in [-0.4, -0.2) is 24.8 Å². The number of aliphatic imine (C=N–C) groups is 1. The average molecular weight is 509 g/mol. The molecule has 4 rings (SSSR count). The van der Waals surface area contributed by atoms with Crippen molar-refractivity contribution in [2.45, 2.75) is 20.5 Å². The summed E-state index contributed by atoms with van der Waals surface area (Å²) in [6.45, 7) is 4.69. The van der Waals surface area contributed by atoms with E-state index < -0.39 is 0 Å². The van der Waals surface area contributed by atoms with Gasteiger partial charge in [-0.1, -0.05) is 41.9 Å². The molecule has 0 aromatic heterocycles. The summed E-state index contributed by atoms with van der Waals surface area (Å²) >= 11 is 7.51. The number of aryl methyl sites for hydroxylation is 1. The van der Waals surface area contributed by atoms with E-state index >= 15 is 0 Å². The molecule has 3 aromatic rings. The fourth-order valence-corrected chi connectivity index (χ4v) is 4.43. The number of amides is 1. The second-order valence-corrected chi connectivity index (χ2v) is 9.11. The van der Waals surface area contributed by atoms with Crippen LogP contribution in [0.2, 0.25) is 5.02 Å². The Morgan fingerprint density at radius 2 is 1.83 bits per heavy atom. The van der Waals surface area contributed by atoms with E-state index in [9.17, 15) is 4.79 Å². The van der Waals surface area contributed by atoms with Gasteiger partial charge in [0.05, 0.1) is 18.6 Å². The van der Waals surface area contributed by atoms with Gasteiger partial charge in [0, 0.05) is 10.6 Å². The Hall–Kier alpha value is -3.42. The number of nitrogens with one attached hydrogen (secondary N) is 1. The number of nitrogens with zero attached hydrogens (tertiary/aromatic N) is 1. The Morgan fingerprint density at radius 1 is 1.03 bits per heavy atom. The number of amidine groups is 1. The van der Waals surface area contributed by atoms with Crippen LogP contribution in [0.3, 0.4) is 0 Å². The van der Waals surface area contributed by atoms with Gasteiger partial charge in [0.15, 0.2) is 16.7 Å². The van der Waals surface area contributed by atoms with Gasteiger partial charge in [-0.3, -0.25) is 4.79 Å². The average Bonchev–Trinajstić information content (AvgIpc) is 3.18. The van der Waals surface area contributed by atoms with Gasteiger partial charge in [-0.25, -0.2) is 4.99 Å². The summed E-state index contributed by atoms with van der Waals surface area (Å²) in [6.07, 6.45) is 1.80. The summed E-state index contributed by atoms with van der Waals surface area (Å²) in [5.41, 5.74) is 3.41. The van der Waals surface area contributed by atoms with Crippen molar-refractivity contribution in [3.8, 4) is 17.2 Å². The van der Waals surface area contributed by atoms with Gasteiger partial charge < -0.3 is 19.5 Å². The molecule has 3 aromatic carbocycles. The molecule has 1 amide bonds. The summed E-state index contributed by atoms with van der Waals surface area (Å²) in [7, 11) is 1.60. The van der Waals surface area contributed by atoms with Gasteiger partial charge in [-0.15, -0.1) is 0 Å². The molecule has 6 nitrogen and oxygen atoms in total. The Balaban J connectivity index is 1.54. The Morgan fingerprint density at radius 3 is 2.60 bits per heavy atom. The van der Waals surface area contributed by atoms with Crippen molar-refractivity contribution in [3.05, 3.63) is 87.3 Å². The fraction of sp³-hybridized carbons (Fsp3) is 0.185. The molecule has 0 radical (unpaired) electrons. The van der Waals surface area contributed by atoms with Crippen molar-refractivity contribution in [2.24, 2.45) is 4.99 Å². The fourth-order valence-electron chi connectivity index (χ4n) is 3.40. The number of hydrogen-bond donors (Lipinski definition) is 1. The SMILES string of the molecule is CCOc1cc(/C=C2\SC(=Nc3cc(C)ccc3OC)NC2=O)ccc1OCc1ccccc1Cl. The molecule has 0 saturated carbocycles. The van der Waals surface area contributed by atoms with Crippen LogP contribution in [0, 0.1) is 6.92 Å². The predicted octanol–water partition coefficient (Wildman–Crippen LogP) is 6.53. The van der Waals surface area contributed by atoms with Gasteiger partial charge in [-0.2, -0.15) is 0 Å². The molecule has 1 saturated heterocycles. The number of carbonyl (C=O) groups is 1. The van der Waals surface area contributed by atoms with Crippen LogP contribution in [0.25, 0.3) is 6.08 Å². The number of thioether (sulfide) groups is 1. The third-order valence-corrected chi connectivity index (χ3v) is 6.39. The highest BCUT2D eigenvalue weighted by atomic mass is 35.5. The first-order valence-corrected chi connectivity index (χ1v) is 12.2. The van der Waals surface area contributed by atoms with E-state index in [1.807, 2.05) is 74.5 Å². The highest BCUT2D eigenvalue weighted by Gasteiger charge is 2.24. The zero-order chi connectivity index (χ0) is 24.8.